The molecule has 1 nitrogen and oxygen atoms in total. The Morgan fingerprint density at radius 2 is 2.33 bits per heavy atom. The third kappa shape index (κ3) is 0.962. The Morgan fingerprint density at radius 3 is 2.83 bits per heavy atom. The summed E-state index contributed by atoms with van der Waals surface area (Å²) in [6, 6.07) is 0. The third-order valence-corrected chi connectivity index (χ3v) is 3.33. The average Bonchev–Trinajstić information content (AvgIpc) is 2.62. The van der Waals surface area contributed by atoms with Gasteiger partial charge in [0.2, 0.25) is 0 Å². The molecule has 0 amide bonds. The lowest BCUT2D eigenvalue weighted by atomic mass is 9.77. The van der Waals surface area contributed by atoms with Crippen molar-refractivity contribution >= 4 is 0 Å². The van der Waals surface area contributed by atoms with Gasteiger partial charge in [-0.2, -0.15) is 0 Å². The van der Waals surface area contributed by atoms with Crippen LogP contribution < -0.4 is 0 Å². The zero-order valence-electron chi connectivity index (χ0n) is 7.89. The molecule has 2 aliphatic rings. The van der Waals surface area contributed by atoms with Crippen molar-refractivity contribution in [2.75, 3.05) is 0 Å². The fraction of sp³-hybridized carbons (Fsp3) is 0.636. The number of ether oxygens (including phenoxy) is 1. The van der Waals surface area contributed by atoms with E-state index in [4.69, 9.17) is 4.74 Å². The second kappa shape index (κ2) is 2.23. The van der Waals surface area contributed by atoms with Gasteiger partial charge < -0.3 is 4.74 Å². The highest BCUT2D eigenvalue weighted by molar-refractivity contribution is 5.29. The molecule has 2 unspecified atom stereocenters. The average molecular weight is 164 g/mol. The molecule has 3 atom stereocenters. The molecule has 1 saturated heterocycles. The molecule has 0 N–H and O–H groups in total. The van der Waals surface area contributed by atoms with Crippen molar-refractivity contribution in [1.29, 1.82) is 0 Å². The van der Waals surface area contributed by atoms with Gasteiger partial charge in [-0.05, 0) is 38.2 Å². The van der Waals surface area contributed by atoms with Gasteiger partial charge in [0, 0.05) is 0 Å². The molecule has 2 fully saturated rings. The molecule has 0 aromatic heterocycles. The van der Waals surface area contributed by atoms with Gasteiger partial charge in [0.15, 0.2) is 0 Å². The van der Waals surface area contributed by atoms with Crippen molar-refractivity contribution in [3.63, 3.8) is 0 Å². The van der Waals surface area contributed by atoms with Crippen molar-refractivity contribution in [3.05, 3.63) is 24.3 Å². The van der Waals surface area contributed by atoms with Crippen molar-refractivity contribution in [2.45, 2.75) is 38.4 Å². The zero-order valence-corrected chi connectivity index (χ0v) is 7.89. The second-order valence-corrected chi connectivity index (χ2v) is 4.30. The summed E-state index contributed by atoms with van der Waals surface area (Å²) in [5, 5.41) is 0. The van der Waals surface area contributed by atoms with Crippen LogP contribution in [0.2, 0.25) is 0 Å². The molecular formula is C11H16O. The first-order chi connectivity index (χ1) is 5.54. The maximum atomic E-state index is 5.62. The Morgan fingerprint density at radius 1 is 1.67 bits per heavy atom. The third-order valence-electron chi connectivity index (χ3n) is 3.33. The van der Waals surface area contributed by atoms with Crippen molar-refractivity contribution in [3.8, 4) is 0 Å². The number of allylic oxidation sites excluding steroid dienone is 1. The largest absolute Gasteiger partial charge is 0.362 e. The van der Waals surface area contributed by atoms with E-state index in [-0.39, 0.29) is 5.60 Å². The molecule has 66 valence electrons. The van der Waals surface area contributed by atoms with Gasteiger partial charge in [-0.3, -0.25) is 0 Å². The van der Waals surface area contributed by atoms with Crippen LogP contribution >= 0.6 is 0 Å². The molecule has 0 aromatic carbocycles. The standard InChI is InChI=1S/C11H16O/c1-7(2)9-5-8(3)11(4)10(6-9)12-11/h9-10H,1,3,5-6H2,2,4H3/t9-,10?,11?/m0/s1. The van der Waals surface area contributed by atoms with E-state index in [1.54, 1.807) is 0 Å². The quantitative estimate of drug-likeness (QED) is 0.429. The summed E-state index contributed by atoms with van der Waals surface area (Å²) in [7, 11) is 0. The minimum Gasteiger partial charge on any atom is -0.362 e. The summed E-state index contributed by atoms with van der Waals surface area (Å²) in [4.78, 5) is 0. The highest BCUT2D eigenvalue weighted by Crippen LogP contribution is 2.52. The molecule has 1 aliphatic carbocycles. The SMILES string of the molecule is C=C(C)[C@H]1CC(=C)C2(C)OC2C1. The van der Waals surface area contributed by atoms with E-state index in [1.165, 1.54) is 11.1 Å². The maximum Gasteiger partial charge on any atom is 0.113 e. The topological polar surface area (TPSA) is 12.5 Å². The maximum absolute atomic E-state index is 5.62. The summed E-state index contributed by atoms with van der Waals surface area (Å²) in [5.74, 6) is 0.609. The first-order valence-corrected chi connectivity index (χ1v) is 4.55. The summed E-state index contributed by atoms with van der Waals surface area (Å²) < 4.78 is 5.62. The van der Waals surface area contributed by atoms with Crippen molar-refractivity contribution < 1.29 is 4.74 Å². The Labute approximate surface area is 74.1 Å². The minimum atomic E-state index is 0.0337. The highest BCUT2D eigenvalue weighted by atomic mass is 16.6. The Kier molecular flexibility index (Phi) is 1.50. The lowest BCUT2D eigenvalue weighted by Crippen LogP contribution is -2.23. The fourth-order valence-electron chi connectivity index (χ4n) is 2.06. The minimum absolute atomic E-state index is 0.0337. The fourth-order valence-corrected chi connectivity index (χ4v) is 2.06. The van der Waals surface area contributed by atoms with E-state index in [2.05, 4.69) is 27.0 Å². The van der Waals surface area contributed by atoms with Crippen LogP contribution in [0.4, 0.5) is 0 Å². The van der Waals surface area contributed by atoms with Crippen molar-refractivity contribution in [1.82, 2.24) is 0 Å². The Balaban J connectivity index is 2.12. The van der Waals surface area contributed by atoms with Crippen LogP contribution in [0, 0.1) is 5.92 Å². The lowest BCUT2D eigenvalue weighted by molar-refractivity contribution is 0.337. The van der Waals surface area contributed by atoms with E-state index < -0.39 is 0 Å². The van der Waals surface area contributed by atoms with Gasteiger partial charge in [0.1, 0.15) is 5.60 Å². The van der Waals surface area contributed by atoms with Gasteiger partial charge in [0.25, 0.3) is 0 Å². The van der Waals surface area contributed by atoms with E-state index in [9.17, 15) is 0 Å². The highest BCUT2D eigenvalue weighted by Gasteiger charge is 2.57. The van der Waals surface area contributed by atoms with Crippen LogP contribution in [0.1, 0.15) is 26.7 Å². The van der Waals surface area contributed by atoms with E-state index in [1.807, 2.05) is 0 Å². The van der Waals surface area contributed by atoms with Gasteiger partial charge in [0.05, 0.1) is 6.10 Å². The molecule has 0 aromatic rings. The second-order valence-electron chi connectivity index (χ2n) is 4.30. The summed E-state index contributed by atoms with van der Waals surface area (Å²) >= 11 is 0. The number of hydrogen-bond donors (Lipinski definition) is 0. The molecule has 2 rings (SSSR count). The van der Waals surface area contributed by atoms with E-state index in [0.29, 0.717) is 12.0 Å². The summed E-state index contributed by atoms with van der Waals surface area (Å²) in [6.07, 6.45) is 2.65. The molecule has 0 bridgehead atoms. The van der Waals surface area contributed by atoms with Gasteiger partial charge >= 0.3 is 0 Å². The van der Waals surface area contributed by atoms with Crippen LogP contribution in [-0.2, 0) is 4.74 Å². The Bertz CT molecular complexity index is 254. The first-order valence-electron chi connectivity index (χ1n) is 4.55. The molecule has 1 heterocycles. The van der Waals surface area contributed by atoms with Gasteiger partial charge in [-0.25, -0.2) is 0 Å². The predicted molar refractivity (Wildman–Crippen MR) is 50.0 cm³/mol. The van der Waals surface area contributed by atoms with Crippen molar-refractivity contribution in [2.24, 2.45) is 5.92 Å². The monoisotopic (exact) mass is 164 g/mol. The smallest absolute Gasteiger partial charge is 0.113 e. The van der Waals surface area contributed by atoms with Crippen LogP contribution in [0.25, 0.3) is 0 Å². The molecule has 1 saturated carbocycles. The number of hydrogen-bond acceptors (Lipinski definition) is 1. The van der Waals surface area contributed by atoms with Crippen LogP contribution in [0.15, 0.2) is 24.3 Å². The number of epoxide rings is 1. The molecule has 1 aliphatic heterocycles. The number of rotatable bonds is 1. The molecule has 1 heteroatoms. The summed E-state index contributed by atoms with van der Waals surface area (Å²) in [5.41, 5.74) is 2.56. The van der Waals surface area contributed by atoms with Gasteiger partial charge in [-0.1, -0.05) is 18.7 Å². The lowest BCUT2D eigenvalue weighted by Gasteiger charge is -2.24. The molecule has 12 heavy (non-hydrogen) atoms. The van der Waals surface area contributed by atoms with Crippen LogP contribution in [-0.4, -0.2) is 11.7 Å². The number of fused-ring (bicyclic) bond motifs is 1. The molecule has 0 radical (unpaired) electrons. The zero-order chi connectivity index (χ0) is 8.93. The first kappa shape index (κ1) is 8.06. The molecular weight excluding hydrogens is 148 g/mol. The summed E-state index contributed by atoms with van der Waals surface area (Å²) in [6.45, 7) is 12.3. The van der Waals surface area contributed by atoms with E-state index in [0.717, 1.165) is 12.8 Å². The molecule has 0 spiro atoms. The van der Waals surface area contributed by atoms with Crippen LogP contribution in [0.5, 0.6) is 0 Å². The normalized spacial score (nSPS) is 45.3. The Hall–Kier alpha value is -0.560. The van der Waals surface area contributed by atoms with Gasteiger partial charge in [-0.15, -0.1) is 0 Å². The predicted octanol–water partition coefficient (Wildman–Crippen LogP) is 2.69. The van der Waals surface area contributed by atoms with Crippen LogP contribution in [0.3, 0.4) is 0 Å². The van der Waals surface area contributed by atoms with E-state index >= 15 is 0 Å².